The summed E-state index contributed by atoms with van der Waals surface area (Å²) in [6.45, 7) is 10.5. The first-order valence-corrected chi connectivity index (χ1v) is 13.2. The summed E-state index contributed by atoms with van der Waals surface area (Å²) in [6.07, 6.45) is 0. The number of carbonyl (C=O) groups is 1. The fourth-order valence-electron chi connectivity index (χ4n) is 5.71. The second-order valence-corrected chi connectivity index (χ2v) is 11.2. The first-order valence-electron chi connectivity index (χ1n) is 13.2. The van der Waals surface area contributed by atoms with Crippen LogP contribution in [0, 0.1) is 23.2 Å². The number of piperazine rings is 1. The van der Waals surface area contributed by atoms with Gasteiger partial charge >= 0.3 is 0 Å². The maximum Gasteiger partial charge on any atom is 0.195 e. The number of nitrogens with one attached hydrogen (secondary N) is 1. The van der Waals surface area contributed by atoms with E-state index >= 15 is 0 Å². The first-order chi connectivity index (χ1) is 18.1. The van der Waals surface area contributed by atoms with Gasteiger partial charge in [0, 0.05) is 65.4 Å². The molecular formula is C31H35N5O2. The van der Waals surface area contributed by atoms with E-state index in [2.05, 4.69) is 59.5 Å². The number of H-pyrrole nitrogens is 1. The summed E-state index contributed by atoms with van der Waals surface area (Å²) in [4.78, 5) is 24.2. The molecule has 1 aliphatic heterocycles. The van der Waals surface area contributed by atoms with Gasteiger partial charge in [0.1, 0.15) is 0 Å². The van der Waals surface area contributed by atoms with Crippen LogP contribution in [0.25, 0.3) is 10.9 Å². The van der Waals surface area contributed by atoms with Gasteiger partial charge in [-0.1, -0.05) is 31.8 Å². The highest BCUT2D eigenvalue weighted by Crippen LogP contribution is 2.45. The van der Waals surface area contributed by atoms with Crippen molar-refractivity contribution >= 4 is 22.4 Å². The molecule has 1 saturated heterocycles. The summed E-state index contributed by atoms with van der Waals surface area (Å²) in [5.74, 6) is 6.64. The number of aliphatic hydroxyl groups excluding tert-OH is 1. The van der Waals surface area contributed by atoms with E-state index < -0.39 is 5.41 Å². The molecule has 7 nitrogen and oxygen atoms in total. The SMILES string of the molecule is CC(CO)N1CCN(c2cc3c(cc2C#CCN(C)C)C(=O)c2c([nH]c4cc(C#N)ccc24)C3(C)C)CC1. The van der Waals surface area contributed by atoms with Crippen LogP contribution in [0.5, 0.6) is 0 Å². The minimum atomic E-state index is -0.442. The lowest BCUT2D eigenvalue weighted by atomic mass is 9.70. The lowest BCUT2D eigenvalue weighted by Gasteiger charge is -2.40. The maximum absolute atomic E-state index is 14.0. The Balaban J connectivity index is 1.63. The number of ketones is 1. The quantitative estimate of drug-likeness (QED) is 0.525. The third-order valence-electron chi connectivity index (χ3n) is 7.99. The van der Waals surface area contributed by atoms with E-state index in [1.807, 2.05) is 37.2 Å². The molecule has 0 bridgehead atoms. The van der Waals surface area contributed by atoms with Crippen molar-refractivity contribution in [1.29, 1.82) is 5.26 Å². The molecule has 3 aromatic rings. The standard InChI is InChI=1S/C31H35N5O2/c1-20(19-37)35-11-13-36(14-12-35)27-17-25-24(16-22(27)7-6-10-34(4)5)29(38)28-23-9-8-21(18-32)15-26(23)33-30(28)31(25,2)3/h8-9,15-17,20,33,37H,10-14,19H2,1-5H3. The topological polar surface area (TPSA) is 86.6 Å². The van der Waals surface area contributed by atoms with Gasteiger partial charge in [-0.15, -0.1) is 0 Å². The van der Waals surface area contributed by atoms with Gasteiger partial charge in [0.25, 0.3) is 0 Å². The third-order valence-corrected chi connectivity index (χ3v) is 7.99. The second kappa shape index (κ2) is 9.93. The van der Waals surface area contributed by atoms with Crippen molar-refractivity contribution in [1.82, 2.24) is 14.8 Å². The van der Waals surface area contributed by atoms with E-state index in [1.165, 1.54) is 0 Å². The van der Waals surface area contributed by atoms with Crippen LogP contribution in [-0.2, 0) is 5.41 Å². The van der Waals surface area contributed by atoms with Crippen molar-refractivity contribution in [3.63, 3.8) is 0 Å². The summed E-state index contributed by atoms with van der Waals surface area (Å²) in [7, 11) is 3.98. The van der Waals surface area contributed by atoms with Crippen molar-refractivity contribution in [2.75, 3.05) is 58.3 Å². The molecular weight excluding hydrogens is 474 g/mol. The molecule has 0 amide bonds. The molecule has 2 heterocycles. The van der Waals surface area contributed by atoms with Crippen molar-refractivity contribution in [3.05, 3.63) is 63.8 Å². The molecule has 2 aromatic carbocycles. The normalized spacial score (nSPS) is 17.5. The summed E-state index contributed by atoms with van der Waals surface area (Å²) >= 11 is 0. The first kappa shape index (κ1) is 26.0. The van der Waals surface area contributed by atoms with Gasteiger partial charge in [-0.05, 0) is 50.8 Å². The van der Waals surface area contributed by atoms with Crippen LogP contribution in [0.4, 0.5) is 5.69 Å². The van der Waals surface area contributed by atoms with Gasteiger partial charge in [-0.2, -0.15) is 5.26 Å². The highest BCUT2D eigenvalue weighted by Gasteiger charge is 2.40. The van der Waals surface area contributed by atoms with E-state index in [9.17, 15) is 15.2 Å². The molecule has 0 radical (unpaired) electrons. The fourth-order valence-corrected chi connectivity index (χ4v) is 5.71. The van der Waals surface area contributed by atoms with Gasteiger partial charge in [-0.25, -0.2) is 0 Å². The summed E-state index contributed by atoms with van der Waals surface area (Å²) in [5, 5.41) is 19.8. The number of aliphatic hydroxyl groups is 1. The Bertz CT molecular complexity index is 1510. The number of nitrogens with zero attached hydrogens (tertiary/aromatic N) is 4. The molecule has 38 heavy (non-hydrogen) atoms. The van der Waals surface area contributed by atoms with Crippen molar-refractivity contribution in [3.8, 4) is 17.9 Å². The number of carbonyl (C=O) groups excluding carboxylic acids is 1. The lowest BCUT2D eigenvalue weighted by molar-refractivity contribution is 0.103. The summed E-state index contributed by atoms with van der Waals surface area (Å²) < 4.78 is 0. The molecule has 2 aliphatic rings. The second-order valence-electron chi connectivity index (χ2n) is 11.2. The highest BCUT2D eigenvalue weighted by molar-refractivity contribution is 6.20. The minimum Gasteiger partial charge on any atom is -0.395 e. The van der Waals surface area contributed by atoms with Crippen molar-refractivity contribution < 1.29 is 9.90 Å². The zero-order valence-corrected chi connectivity index (χ0v) is 22.9. The molecule has 7 heteroatoms. The molecule has 1 atom stereocenters. The van der Waals surface area contributed by atoms with Crippen molar-refractivity contribution in [2.24, 2.45) is 0 Å². The van der Waals surface area contributed by atoms with E-state index in [1.54, 1.807) is 6.07 Å². The predicted molar refractivity (Wildman–Crippen MR) is 151 cm³/mol. The van der Waals surface area contributed by atoms with E-state index in [4.69, 9.17) is 0 Å². The number of hydrogen-bond donors (Lipinski definition) is 2. The lowest BCUT2D eigenvalue weighted by Crippen LogP contribution is -2.50. The summed E-state index contributed by atoms with van der Waals surface area (Å²) in [5.41, 5.74) is 6.11. The molecule has 0 saturated carbocycles. The zero-order chi connectivity index (χ0) is 27.2. The zero-order valence-electron chi connectivity index (χ0n) is 22.9. The largest absolute Gasteiger partial charge is 0.395 e. The average Bonchev–Trinajstić information content (AvgIpc) is 3.31. The van der Waals surface area contributed by atoms with Gasteiger partial charge in [-0.3, -0.25) is 14.6 Å². The number of aromatic nitrogens is 1. The van der Waals surface area contributed by atoms with Gasteiger partial charge < -0.3 is 15.0 Å². The monoisotopic (exact) mass is 509 g/mol. The minimum absolute atomic E-state index is 0.00548. The molecule has 1 aliphatic carbocycles. The Labute approximate surface area is 224 Å². The van der Waals surface area contributed by atoms with Crippen molar-refractivity contribution in [2.45, 2.75) is 32.2 Å². The molecule has 1 unspecified atom stereocenters. The van der Waals surface area contributed by atoms with Crippen LogP contribution >= 0.6 is 0 Å². The Morgan fingerprint density at radius 2 is 1.89 bits per heavy atom. The van der Waals surface area contributed by atoms with E-state index in [-0.39, 0.29) is 18.4 Å². The Morgan fingerprint density at radius 3 is 2.55 bits per heavy atom. The number of hydrogen-bond acceptors (Lipinski definition) is 6. The number of fused-ring (bicyclic) bond motifs is 4. The number of benzene rings is 2. The van der Waals surface area contributed by atoms with Gasteiger partial charge in [0.2, 0.25) is 0 Å². The van der Waals surface area contributed by atoms with Crippen LogP contribution in [-0.4, -0.2) is 85.1 Å². The third kappa shape index (κ3) is 4.37. The molecule has 1 aromatic heterocycles. The van der Waals surface area contributed by atoms with Crippen LogP contribution in [0.1, 0.15) is 59.1 Å². The Hall–Kier alpha value is -3.62. The highest BCUT2D eigenvalue weighted by atomic mass is 16.3. The molecule has 5 rings (SSSR count). The van der Waals surface area contributed by atoms with Crippen LogP contribution in [0.2, 0.25) is 0 Å². The number of rotatable bonds is 4. The molecule has 1 fully saturated rings. The average molecular weight is 510 g/mol. The van der Waals surface area contributed by atoms with Crippen LogP contribution in [0.3, 0.4) is 0 Å². The van der Waals surface area contributed by atoms with Gasteiger partial charge in [0.15, 0.2) is 5.78 Å². The number of anilines is 1. The Morgan fingerprint density at radius 1 is 1.16 bits per heavy atom. The molecule has 2 N–H and O–H groups in total. The van der Waals surface area contributed by atoms with Crippen LogP contribution in [0.15, 0.2) is 30.3 Å². The fraction of sp³-hybridized carbons (Fsp3) is 0.419. The van der Waals surface area contributed by atoms with E-state index in [0.717, 1.165) is 59.6 Å². The number of aromatic amines is 1. The predicted octanol–water partition coefficient (Wildman–Crippen LogP) is 3.33. The maximum atomic E-state index is 14.0. The smallest absolute Gasteiger partial charge is 0.195 e. The van der Waals surface area contributed by atoms with E-state index in [0.29, 0.717) is 23.2 Å². The number of nitriles is 1. The van der Waals surface area contributed by atoms with Gasteiger partial charge in [0.05, 0.1) is 36.0 Å². The Kier molecular flexibility index (Phi) is 6.79. The molecule has 0 spiro atoms. The molecule has 196 valence electrons. The summed E-state index contributed by atoms with van der Waals surface area (Å²) in [6, 6.07) is 12.0. The van der Waals surface area contributed by atoms with Crippen LogP contribution < -0.4 is 4.90 Å².